The van der Waals surface area contributed by atoms with Crippen molar-refractivity contribution in [2.24, 2.45) is 0 Å². The summed E-state index contributed by atoms with van der Waals surface area (Å²) in [7, 11) is 0. The van der Waals surface area contributed by atoms with Crippen LogP contribution in [0.4, 0.5) is 5.69 Å². The lowest BCUT2D eigenvalue weighted by Gasteiger charge is -2.09. The van der Waals surface area contributed by atoms with E-state index in [0.717, 1.165) is 29.9 Å². The Kier molecular flexibility index (Phi) is 7.66. The second kappa shape index (κ2) is 10.3. The Hall–Kier alpha value is -2.66. The normalized spacial score (nSPS) is 10.3. The van der Waals surface area contributed by atoms with E-state index in [4.69, 9.17) is 0 Å². The molecule has 3 N–H and O–H groups in total. The molecule has 0 saturated carbocycles. The Labute approximate surface area is 148 Å². The molecule has 5 heteroatoms. The molecule has 0 aliphatic heterocycles. The summed E-state index contributed by atoms with van der Waals surface area (Å²) in [6, 6.07) is 17.3. The van der Waals surface area contributed by atoms with Gasteiger partial charge in [-0.3, -0.25) is 9.59 Å². The van der Waals surface area contributed by atoms with Crippen molar-refractivity contribution in [3.63, 3.8) is 0 Å². The van der Waals surface area contributed by atoms with Crippen LogP contribution in [0.3, 0.4) is 0 Å². The molecule has 25 heavy (non-hydrogen) atoms. The monoisotopic (exact) mass is 339 g/mol. The minimum absolute atomic E-state index is 0.0772. The number of rotatable bonds is 9. The fraction of sp³-hybridized carbons (Fsp3) is 0.300. The van der Waals surface area contributed by atoms with Crippen LogP contribution in [-0.4, -0.2) is 24.9 Å². The molecule has 0 spiro atoms. The molecule has 2 rings (SSSR count). The molecular formula is C20H25N3O2. The minimum Gasteiger partial charge on any atom is -0.355 e. The zero-order chi connectivity index (χ0) is 17.9. The zero-order valence-corrected chi connectivity index (χ0v) is 14.5. The number of anilines is 1. The molecule has 0 fully saturated rings. The van der Waals surface area contributed by atoms with Gasteiger partial charge in [0.1, 0.15) is 0 Å². The highest BCUT2D eigenvalue weighted by atomic mass is 16.2. The Morgan fingerprint density at radius 2 is 1.68 bits per heavy atom. The second-order valence-electron chi connectivity index (χ2n) is 5.79. The van der Waals surface area contributed by atoms with Crippen LogP contribution in [0.15, 0.2) is 54.6 Å². The number of nitrogens with one attached hydrogen (secondary N) is 3. The van der Waals surface area contributed by atoms with Crippen molar-refractivity contribution in [2.75, 3.05) is 18.4 Å². The lowest BCUT2D eigenvalue weighted by Crippen LogP contribution is -2.28. The van der Waals surface area contributed by atoms with Crippen molar-refractivity contribution in [3.8, 4) is 0 Å². The number of hydrogen-bond acceptors (Lipinski definition) is 3. The Balaban J connectivity index is 1.71. The van der Waals surface area contributed by atoms with Crippen molar-refractivity contribution in [1.29, 1.82) is 0 Å². The van der Waals surface area contributed by atoms with Crippen molar-refractivity contribution >= 4 is 17.5 Å². The van der Waals surface area contributed by atoms with E-state index in [1.54, 1.807) is 0 Å². The van der Waals surface area contributed by atoms with E-state index in [1.807, 2.05) is 54.6 Å². The lowest BCUT2D eigenvalue weighted by molar-refractivity contribution is -0.120. The van der Waals surface area contributed by atoms with Gasteiger partial charge in [-0.25, -0.2) is 0 Å². The minimum atomic E-state index is -0.111. The van der Waals surface area contributed by atoms with Crippen LogP contribution in [0.1, 0.15) is 24.5 Å². The molecule has 0 aromatic heterocycles. The largest absolute Gasteiger partial charge is 0.355 e. The van der Waals surface area contributed by atoms with Crippen LogP contribution < -0.4 is 16.0 Å². The van der Waals surface area contributed by atoms with Gasteiger partial charge in [-0.1, -0.05) is 49.4 Å². The highest BCUT2D eigenvalue weighted by Crippen LogP contribution is 2.10. The van der Waals surface area contributed by atoms with Gasteiger partial charge in [-0.05, 0) is 29.8 Å². The highest BCUT2D eigenvalue weighted by Gasteiger charge is 2.06. The highest BCUT2D eigenvalue weighted by molar-refractivity contribution is 5.91. The van der Waals surface area contributed by atoms with Crippen LogP contribution in [0.25, 0.3) is 0 Å². The molecule has 0 unspecified atom stereocenters. The van der Waals surface area contributed by atoms with Gasteiger partial charge in [0.05, 0.1) is 6.42 Å². The van der Waals surface area contributed by atoms with Gasteiger partial charge >= 0.3 is 0 Å². The predicted molar refractivity (Wildman–Crippen MR) is 100 cm³/mol. The van der Waals surface area contributed by atoms with Gasteiger partial charge in [0.2, 0.25) is 11.8 Å². The second-order valence-corrected chi connectivity index (χ2v) is 5.79. The van der Waals surface area contributed by atoms with Crippen LogP contribution in [0.5, 0.6) is 0 Å². The summed E-state index contributed by atoms with van der Waals surface area (Å²) >= 11 is 0. The smallest absolute Gasteiger partial charge is 0.226 e. The van der Waals surface area contributed by atoms with Crippen molar-refractivity contribution in [2.45, 2.75) is 26.3 Å². The average molecular weight is 339 g/mol. The van der Waals surface area contributed by atoms with Crippen molar-refractivity contribution in [3.05, 3.63) is 65.7 Å². The maximum absolute atomic E-state index is 12.0. The first-order valence-electron chi connectivity index (χ1n) is 8.57. The number of amides is 2. The SMILES string of the molecule is CCNCc1cccc(NC(=O)CCNC(=O)Cc2ccccc2)c1. The number of benzene rings is 2. The summed E-state index contributed by atoms with van der Waals surface area (Å²) < 4.78 is 0. The molecule has 132 valence electrons. The van der Waals surface area contributed by atoms with Gasteiger partial charge in [-0.2, -0.15) is 0 Å². The van der Waals surface area contributed by atoms with E-state index in [9.17, 15) is 9.59 Å². The van der Waals surface area contributed by atoms with Gasteiger partial charge in [-0.15, -0.1) is 0 Å². The summed E-state index contributed by atoms with van der Waals surface area (Å²) in [5, 5.41) is 8.89. The molecule has 0 bridgehead atoms. The van der Waals surface area contributed by atoms with Gasteiger partial charge < -0.3 is 16.0 Å². The molecule has 0 radical (unpaired) electrons. The summed E-state index contributed by atoms with van der Waals surface area (Å²) in [6.07, 6.45) is 0.576. The first-order valence-corrected chi connectivity index (χ1v) is 8.57. The predicted octanol–water partition coefficient (Wildman–Crippen LogP) is 2.48. The standard InChI is InChI=1S/C20H25N3O2/c1-2-21-15-17-9-6-10-18(13-17)23-19(24)11-12-22-20(25)14-16-7-4-3-5-8-16/h3-10,13,21H,2,11-12,14-15H2,1H3,(H,22,25)(H,23,24). The summed E-state index contributed by atoms with van der Waals surface area (Å²) in [5.41, 5.74) is 2.86. The van der Waals surface area contributed by atoms with Gasteiger partial charge in [0.25, 0.3) is 0 Å². The third kappa shape index (κ3) is 7.18. The quantitative estimate of drug-likeness (QED) is 0.657. The molecule has 2 aromatic rings. The number of carbonyl (C=O) groups excluding carboxylic acids is 2. The molecule has 5 nitrogen and oxygen atoms in total. The molecule has 2 aromatic carbocycles. The number of hydrogen-bond donors (Lipinski definition) is 3. The third-order valence-electron chi connectivity index (χ3n) is 3.67. The molecule has 0 atom stereocenters. The molecule has 0 heterocycles. The van der Waals surface area contributed by atoms with Crippen molar-refractivity contribution in [1.82, 2.24) is 10.6 Å². The molecule has 0 aliphatic carbocycles. The first-order chi connectivity index (χ1) is 12.2. The maximum atomic E-state index is 12.0. The van der Waals surface area contributed by atoms with E-state index >= 15 is 0 Å². The van der Waals surface area contributed by atoms with E-state index in [-0.39, 0.29) is 18.2 Å². The fourth-order valence-electron chi connectivity index (χ4n) is 2.41. The first kappa shape index (κ1) is 18.7. The van der Waals surface area contributed by atoms with E-state index < -0.39 is 0 Å². The maximum Gasteiger partial charge on any atom is 0.226 e. The van der Waals surface area contributed by atoms with Crippen LogP contribution in [0.2, 0.25) is 0 Å². The van der Waals surface area contributed by atoms with E-state index in [1.165, 1.54) is 0 Å². The Bertz CT molecular complexity index is 686. The molecular weight excluding hydrogens is 314 g/mol. The molecule has 0 aliphatic rings. The molecule has 0 saturated heterocycles. The zero-order valence-electron chi connectivity index (χ0n) is 14.5. The van der Waals surface area contributed by atoms with Gasteiger partial charge in [0, 0.05) is 25.2 Å². The van der Waals surface area contributed by atoms with Crippen LogP contribution >= 0.6 is 0 Å². The van der Waals surface area contributed by atoms with E-state index in [0.29, 0.717) is 13.0 Å². The topological polar surface area (TPSA) is 70.2 Å². The van der Waals surface area contributed by atoms with Crippen LogP contribution in [0, 0.1) is 0 Å². The fourth-order valence-corrected chi connectivity index (χ4v) is 2.41. The Morgan fingerprint density at radius 3 is 2.44 bits per heavy atom. The summed E-state index contributed by atoms with van der Waals surface area (Å²) in [4.78, 5) is 23.8. The molecule has 2 amide bonds. The Morgan fingerprint density at radius 1 is 0.920 bits per heavy atom. The van der Waals surface area contributed by atoms with Crippen molar-refractivity contribution < 1.29 is 9.59 Å². The average Bonchev–Trinajstić information content (AvgIpc) is 2.61. The summed E-state index contributed by atoms with van der Waals surface area (Å²) in [6.45, 7) is 4.06. The van der Waals surface area contributed by atoms with E-state index in [2.05, 4.69) is 22.9 Å². The van der Waals surface area contributed by atoms with Crippen LogP contribution in [-0.2, 0) is 22.6 Å². The number of carbonyl (C=O) groups is 2. The lowest BCUT2D eigenvalue weighted by atomic mass is 10.1. The summed E-state index contributed by atoms with van der Waals surface area (Å²) in [5.74, 6) is -0.188. The third-order valence-corrected chi connectivity index (χ3v) is 3.67. The van der Waals surface area contributed by atoms with Gasteiger partial charge in [0.15, 0.2) is 0 Å².